The van der Waals surface area contributed by atoms with Crippen LogP contribution in [0.5, 0.6) is 11.5 Å². The Balaban J connectivity index is 1.60. The number of carbonyl (C=O) groups excluding carboxylic acids is 2. The van der Waals surface area contributed by atoms with E-state index in [4.69, 9.17) is 21.1 Å². The van der Waals surface area contributed by atoms with Gasteiger partial charge < -0.3 is 19.5 Å². The number of ketones is 2. The van der Waals surface area contributed by atoms with Gasteiger partial charge in [-0.05, 0) is 68.0 Å². The SMILES string of the molecule is CCOc1cc(C2C3=C(CCCC3=O)N(CCC(=O)O)C3=C2C(=O)CCC3)cc(Cl)c1OCc1cccc(F)c1. The lowest BCUT2D eigenvalue weighted by Crippen LogP contribution is -2.39. The summed E-state index contributed by atoms with van der Waals surface area (Å²) in [6.07, 6.45) is 3.22. The summed E-state index contributed by atoms with van der Waals surface area (Å²) in [4.78, 5) is 40.3. The van der Waals surface area contributed by atoms with E-state index >= 15 is 0 Å². The van der Waals surface area contributed by atoms with Crippen molar-refractivity contribution in [1.29, 1.82) is 0 Å². The minimum Gasteiger partial charge on any atom is -0.490 e. The number of carbonyl (C=O) groups is 3. The van der Waals surface area contributed by atoms with Gasteiger partial charge in [0.25, 0.3) is 0 Å². The molecule has 0 aromatic heterocycles. The maximum absolute atomic E-state index is 13.7. The average molecular weight is 568 g/mol. The molecule has 0 spiro atoms. The Hall–Kier alpha value is -3.65. The Morgan fingerprint density at radius 3 is 2.30 bits per heavy atom. The van der Waals surface area contributed by atoms with E-state index in [1.165, 1.54) is 12.1 Å². The van der Waals surface area contributed by atoms with Crippen molar-refractivity contribution in [3.63, 3.8) is 0 Å². The first-order valence-electron chi connectivity index (χ1n) is 13.6. The van der Waals surface area contributed by atoms with Crippen LogP contribution in [0.3, 0.4) is 0 Å². The molecule has 5 rings (SSSR count). The molecule has 0 unspecified atom stereocenters. The van der Waals surface area contributed by atoms with Crippen molar-refractivity contribution in [2.75, 3.05) is 13.2 Å². The highest BCUT2D eigenvalue weighted by Crippen LogP contribution is 2.51. The summed E-state index contributed by atoms with van der Waals surface area (Å²) in [5.74, 6) is -1.36. The smallest absolute Gasteiger partial charge is 0.305 e. The molecule has 0 amide bonds. The Labute approximate surface area is 237 Å². The van der Waals surface area contributed by atoms with Crippen LogP contribution in [0.15, 0.2) is 58.9 Å². The van der Waals surface area contributed by atoms with E-state index in [0.717, 1.165) is 11.4 Å². The number of aliphatic carboxylic acids is 1. The fourth-order valence-corrected chi connectivity index (χ4v) is 6.24. The minimum atomic E-state index is -0.933. The van der Waals surface area contributed by atoms with Crippen LogP contribution in [-0.4, -0.2) is 40.7 Å². The predicted molar refractivity (Wildman–Crippen MR) is 147 cm³/mol. The summed E-state index contributed by atoms with van der Waals surface area (Å²) in [6, 6.07) is 9.56. The Bertz CT molecular complexity index is 1390. The number of nitrogens with zero attached hydrogens (tertiary/aromatic N) is 1. The molecular formula is C31H31ClFNO6. The summed E-state index contributed by atoms with van der Waals surface area (Å²) in [6.45, 7) is 2.43. The molecule has 0 saturated heterocycles. The molecule has 0 bridgehead atoms. The standard InChI is InChI=1S/C31H31ClFNO6/c1-2-39-26-16-19(15-21(32)31(26)40-17-18-6-3-7-20(33)14-18)28-29-22(8-4-10-24(29)35)34(13-12-27(37)38)23-9-5-11-25(36)30(23)28/h3,6-7,14-16,28H,2,4-5,8-13,17H2,1H3,(H,37,38). The molecule has 0 radical (unpaired) electrons. The van der Waals surface area contributed by atoms with E-state index in [1.807, 2.05) is 11.8 Å². The van der Waals surface area contributed by atoms with Crippen LogP contribution < -0.4 is 9.47 Å². The molecule has 3 aliphatic rings. The fraction of sp³-hybridized carbons (Fsp3) is 0.387. The number of ether oxygens (including phenoxy) is 2. The number of benzene rings is 2. The van der Waals surface area contributed by atoms with Crippen molar-refractivity contribution in [2.45, 2.75) is 64.4 Å². The van der Waals surface area contributed by atoms with E-state index in [2.05, 4.69) is 0 Å². The summed E-state index contributed by atoms with van der Waals surface area (Å²) < 4.78 is 25.6. The van der Waals surface area contributed by atoms with Crippen LogP contribution in [0.25, 0.3) is 0 Å². The molecule has 2 aromatic carbocycles. The lowest BCUT2D eigenvalue weighted by atomic mass is 9.71. The molecule has 7 nitrogen and oxygen atoms in total. The first-order chi connectivity index (χ1) is 19.3. The largest absolute Gasteiger partial charge is 0.490 e. The Kier molecular flexibility index (Phi) is 8.26. The summed E-state index contributed by atoms with van der Waals surface area (Å²) in [7, 11) is 0. The third kappa shape index (κ3) is 5.50. The van der Waals surface area contributed by atoms with Crippen molar-refractivity contribution in [3.05, 3.63) is 80.9 Å². The van der Waals surface area contributed by atoms with Crippen LogP contribution in [-0.2, 0) is 21.0 Å². The van der Waals surface area contributed by atoms with E-state index < -0.39 is 11.9 Å². The van der Waals surface area contributed by atoms with E-state index in [9.17, 15) is 23.9 Å². The summed E-state index contributed by atoms with van der Waals surface area (Å²) in [5.41, 5.74) is 3.96. The third-order valence-corrected chi connectivity index (χ3v) is 7.85. The normalized spacial score (nSPS) is 17.6. The molecule has 2 aliphatic carbocycles. The van der Waals surface area contributed by atoms with Crippen molar-refractivity contribution < 1.29 is 33.4 Å². The summed E-state index contributed by atoms with van der Waals surface area (Å²) >= 11 is 6.77. The van der Waals surface area contributed by atoms with Gasteiger partial charge in [0.1, 0.15) is 12.4 Å². The van der Waals surface area contributed by atoms with E-state index in [0.29, 0.717) is 78.9 Å². The number of carboxylic acids is 1. The average Bonchev–Trinajstić information content (AvgIpc) is 2.91. The van der Waals surface area contributed by atoms with Crippen molar-refractivity contribution in [1.82, 2.24) is 4.90 Å². The number of halogens is 2. The van der Waals surface area contributed by atoms with Gasteiger partial charge in [-0.25, -0.2) is 4.39 Å². The lowest BCUT2D eigenvalue weighted by Gasteiger charge is -2.44. The lowest BCUT2D eigenvalue weighted by molar-refractivity contribution is -0.137. The van der Waals surface area contributed by atoms with Gasteiger partial charge in [0.2, 0.25) is 0 Å². The van der Waals surface area contributed by atoms with Gasteiger partial charge in [-0.3, -0.25) is 14.4 Å². The molecule has 0 atom stereocenters. The zero-order valence-corrected chi connectivity index (χ0v) is 23.1. The first kappa shape index (κ1) is 27.9. The molecule has 210 valence electrons. The topological polar surface area (TPSA) is 93.1 Å². The number of carboxylic acid groups (broad SMARTS) is 1. The van der Waals surface area contributed by atoms with Gasteiger partial charge >= 0.3 is 5.97 Å². The van der Waals surface area contributed by atoms with Gasteiger partial charge in [0.05, 0.1) is 18.1 Å². The number of hydrogen-bond donors (Lipinski definition) is 1. The monoisotopic (exact) mass is 567 g/mol. The predicted octanol–water partition coefficient (Wildman–Crippen LogP) is 6.34. The zero-order valence-electron chi connectivity index (χ0n) is 22.3. The molecule has 0 fully saturated rings. The van der Waals surface area contributed by atoms with Crippen molar-refractivity contribution in [2.24, 2.45) is 0 Å². The van der Waals surface area contributed by atoms with Crippen LogP contribution >= 0.6 is 11.6 Å². The molecule has 2 aromatic rings. The Morgan fingerprint density at radius 1 is 1.02 bits per heavy atom. The molecule has 0 saturated carbocycles. The van der Waals surface area contributed by atoms with E-state index in [-0.39, 0.29) is 42.0 Å². The highest BCUT2D eigenvalue weighted by atomic mass is 35.5. The molecular weight excluding hydrogens is 537 g/mol. The van der Waals surface area contributed by atoms with Gasteiger partial charge in [-0.1, -0.05) is 23.7 Å². The van der Waals surface area contributed by atoms with Crippen LogP contribution in [0, 0.1) is 5.82 Å². The second kappa shape index (κ2) is 11.8. The summed E-state index contributed by atoms with van der Waals surface area (Å²) in [5, 5.41) is 9.64. The number of allylic oxidation sites excluding steroid dienone is 4. The quantitative estimate of drug-likeness (QED) is 0.377. The molecule has 1 heterocycles. The molecule has 1 aliphatic heterocycles. The van der Waals surface area contributed by atoms with Crippen LogP contribution in [0.2, 0.25) is 5.02 Å². The molecule has 1 N–H and O–H groups in total. The van der Waals surface area contributed by atoms with Crippen LogP contribution in [0.1, 0.15) is 68.9 Å². The number of Topliss-reactive ketones (excluding diaryl/α,β-unsaturated/α-hetero) is 2. The maximum atomic E-state index is 13.7. The van der Waals surface area contributed by atoms with Crippen molar-refractivity contribution >= 4 is 29.1 Å². The fourth-order valence-electron chi connectivity index (χ4n) is 5.97. The molecule has 9 heteroatoms. The highest BCUT2D eigenvalue weighted by Gasteiger charge is 2.43. The number of rotatable bonds is 9. The van der Waals surface area contributed by atoms with Gasteiger partial charge in [-0.15, -0.1) is 0 Å². The molecule has 40 heavy (non-hydrogen) atoms. The second-order valence-electron chi connectivity index (χ2n) is 10.2. The van der Waals surface area contributed by atoms with Gasteiger partial charge in [0.15, 0.2) is 23.1 Å². The minimum absolute atomic E-state index is 0.0444. The number of hydrogen-bond acceptors (Lipinski definition) is 6. The van der Waals surface area contributed by atoms with Gasteiger partial charge in [0, 0.05) is 47.8 Å². The van der Waals surface area contributed by atoms with Crippen molar-refractivity contribution in [3.8, 4) is 11.5 Å². The maximum Gasteiger partial charge on any atom is 0.305 e. The highest BCUT2D eigenvalue weighted by molar-refractivity contribution is 6.32. The Morgan fingerprint density at radius 2 is 1.70 bits per heavy atom. The third-order valence-electron chi connectivity index (χ3n) is 7.57. The van der Waals surface area contributed by atoms with Crippen LogP contribution in [0.4, 0.5) is 4.39 Å². The second-order valence-corrected chi connectivity index (χ2v) is 10.6. The van der Waals surface area contributed by atoms with Gasteiger partial charge in [-0.2, -0.15) is 0 Å². The van der Waals surface area contributed by atoms with E-state index in [1.54, 1.807) is 24.3 Å². The zero-order chi connectivity index (χ0) is 28.4. The first-order valence-corrected chi connectivity index (χ1v) is 14.0.